The summed E-state index contributed by atoms with van der Waals surface area (Å²) in [6.07, 6.45) is 0.533. The van der Waals surface area contributed by atoms with E-state index >= 15 is 0 Å². The van der Waals surface area contributed by atoms with Crippen molar-refractivity contribution in [1.29, 1.82) is 0 Å². The van der Waals surface area contributed by atoms with Crippen molar-refractivity contribution >= 4 is 18.0 Å². The molecule has 1 saturated heterocycles. The van der Waals surface area contributed by atoms with Gasteiger partial charge < -0.3 is 20.1 Å². The van der Waals surface area contributed by atoms with Gasteiger partial charge in [-0.2, -0.15) is 0 Å². The molecule has 0 aromatic heterocycles. The number of hydrogen-bond donors (Lipinski definition) is 2. The summed E-state index contributed by atoms with van der Waals surface area (Å²) in [4.78, 5) is 41.6. The van der Waals surface area contributed by atoms with Crippen LogP contribution in [0.25, 0.3) is 11.1 Å². The first-order valence-electron chi connectivity index (χ1n) is 14.1. The maximum absolute atomic E-state index is 13.3. The van der Waals surface area contributed by atoms with E-state index in [-0.39, 0.29) is 24.9 Å². The van der Waals surface area contributed by atoms with Crippen LogP contribution in [0.2, 0.25) is 0 Å². The summed E-state index contributed by atoms with van der Waals surface area (Å²) >= 11 is 0. The molecule has 8 heteroatoms. The van der Waals surface area contributed by atoms with Crippen LogP contribution in [0.3, 0.4) is 0 Å². The Labute approximate surface area is 240 Å². The van der Waals surface area contributed by atoms with Gasteiger partial charge in [-0.15, -0.1) is 0 Å². The quantitative estimate of drug-likeness (QED) is 0.391. The summed E-state index contributed by atoms with van der Waals surface area (Å²) in [6, 6.07) is 25.6. The standard InChI is InChI=1S/C33H37N3O5/c1-23(31(38)39)35(2)30(37)20-33(16-18-36(19-17-33)21-24-10-4-3-5-11-24)34-32(40)41-22-29-27-14-8-6-12-25(27)26-13-7-9-15-28(26)29/h3-15,23,29H,16-22H2,1-2H3,(H,34,40)(H,38,39). The highest BCUT2D eigenvalue weighted by Gasteiger charge is 2.40. The number of carboxylic acids is 1. The number of rotatable bonds is 9. The molecule has 0 saturated carbocycles. The van der Waals surface area contributed by atoms with E-state index in [9.17, 15) is 19.5 Å². The molecule has 1 aliphatic heterocycles. The second-order valence-electron chi connectivity index (χ2n) is 11.2. The number of carbonyl (C=O) groups excluding carboxylic acids is 2. The Balaban J connectivity index is 1.28. The molecule has 0 bridgehead atoms. The van der Waals surface area contributed by atoms with Crippen LogP contribution < -0.4 is 5.32 Å². The summed E-state index contributed by atoms with van der Waals surface area (Å²) in [6.45, 7) is 3.81. The average Bonchev–Trinajstić information content (AvgIpc) is 3.30. The van der Waals surface area contributed by atoms with Gasteiger partial charge in [-0.05, 0) is 47.6 Å². The Hall–Kier alpha value is -4.17. The summed E-state index contributed by atoms with van der Waals surface area (Å²) in [5.41, 5.74) is 4.94. The molecular formula is C33H37N3O5. The van der Waals surface area contributed by atoms with Gasteiger partial charge in [0.25, 0.3) is 0 Å². The molecule has 3 aromatic rings. The molecule has 214 valence electrons. The fourth-order valence-electron chi connectivity index (χ4n) is 5.97. The molecule has 41 heavy (non-hydrogen) atoms. The molecule has 1 aliphatic carbocycles. The van der Waals surface area contributed by atoms with Crippen molar-refractivity contribution < 1.29 is 24.2 Å². The topological polar surface area (TPSA) is 99.2 Å². The van der Waals surface area contributed by atoms with Gasteiger partial charge in [-0.3, -0.25) is 9.69 Å². The number of carboxylic acid groups (broad SMARTS) is 1. The van der Waals surface area contributed by atoms with Crippen LogP contribution in [0.4, 0.5) is 4.79 Å². The number of likely N-dealkylation sites (N-methyl/N-ethyl adjacent to an activating group) is 1. The Morgan fingerprint density at radius 3 is 2.10 bits per heavy atom. The van der Waals surface area contributed by atoms with Gasteiger partial charge in [0.1, 0.15) is 12.6 Å². The zero-order valence-corrected chi connectivity index (χ0v) is 23.6. The highest BCUT2D eigenvalue weighted by atomic mass is 16.5. The fourth-order valence-corrected chi connectivity index (χ4v) is 5.97. The summed E-state index contributed by atoms with van der Waals surface area (Å²) < 4.78 is 5.84. The van der Waals surface area contributed by atoms with Crippen LogP contribution in [0.1, 0.15) is 48.8 Å². The zero-order chi connectivity index (χ0) is 29.0. The fraction of sp³-hybridized carbons (Fsp3) is 0.364. The number of alkyl carbamates (subject to hydrolysis) is 1. The smallest absolute Gasteiger partial charge is 0.407 e. The third-order valence-corrected chi connectivity index (χ3v) is 8.59. The number of carbonyl (C=O) groups is 3. The van der Waals surface area contributed by atoms with Crippen molar-refractivity contribution in [2.24, 2.45) is 0 Å². The summed E-state index contributed by atoms with van der Waals surface area (Å²) in [5, 5.41) is 12.5. The number of aliphatic carboxylic acids is 1. The lowest BCUT2D eigenvalue weighted by molar-refractivity contribution is -0.149. The zero-order valence-electron chi connectivity index (χ0n) is 23.6. The number of benzene rings is 3. The first-order chi connectivity index (χ1) is 19.8. The van der Waals surface area contributed by atoms with E-state index in [4.69, 9.17) is 4.74 Å². The number of hydrogen-bond acceptors (Lipinski definition) is 5. The van der Waals surface area contributed by atoms with E-state index < -0.39 is 23.6 Å². The first-order valence-corrected chi connectivity index (χ1v) is 14.1. The molecule has 8 nitrogen and oxygen atoms in total. The second kappa shape index (κ2) is 12.1. The molecule has 1 fully saturated rings. The molecule has 1 unspecified atom stereocenters. The van der Waals surface area contributed by atoms with Crippen molar-refractivity contribution in [2.75, 3.05) is 26.7 Å². The molecule has 2 aliphatic rings. The minimum atomic E-state index is -1.07. The minimum absolute atomic E-state index is 0.00446. The van der Waals surface area contributed by atoms with E-state index in [0.717, 1.165) is 28.8 Å². The van der Waals surface area contributed by atoms with Crippen molar-refractivity contribution in [3.05, 3.63) is 95.6 Å². The lowest BCUT2D eigenvalue weighted by atomic mass is 9.83. The van der Waals surface area contributed by atoms with Crippen LogP contribution in [0.15, 0.2) is 78.9 Å². The predicted molar refractivity (Wildman–Crippen MR) is 156 cm³/mol. The second-order valence-corrected chi connectivity index (χ2v) is 11.2. The van der Waals surface area contributed by atoms with Gasteiger partial charge >= 0.3 is 12.1 Å². The number of fused-ring (bicyclic) bond motifs is 3. The van der Waals surface area contributed by atoms with Crippen molar-refractivity contribution in [2.45, 2.75) is 50.2 Å². The molecule has 5 rings (SSSR count). The average molecular weight is 556 g/mol. The van der Waals surface area contributed by atoms with E-state index in [0.29, 0.717) is 25.9 Å². The third-order valence-electron chi connectivity index (χ3n) is 8.59. The number of piperidine rings is 1. The van der Waals surface area contributed by atoms with Gasteiger partial charge in [-0.1, -0.05) is 78.9 Å². The maximum Gasteiger partial charge on any atom is 0.407 e. The summed E-state index contributed by atoms with van der Waals surface area (Å²) in [7, 11) is 1.49. The van der Waals surface area contributed by atoms with Crippen LogP contribution in [0, 0.1) is 0 Å². The number of amides is 2. The normalized spacial score (nSPS) is 16.7. The predicted octanol–water partition coefficient (Wildman–Crippen LogP) is 4.88. The molecule has 0 spiro atoms. The first kappa shape index (κ1) is 28.4. The van der Waals surface area contributed by atoms with Gasteiger partial charge in [-0.25, -0.2) is 9.59 Å². The van der Waals surface area contributed by atoms with Crippen molar-refractivity contribution in [3.8, 4) is 11.1 Å². The largest absolute Gasteiger partial charge is 0.480 e. The molecular weight excluding hydrogens is 518 g/mol. The van der Waals surface area contributed by atoms with Crippen LogP contribution in [-0.2, 0) is 20.9 Å². The van der Waals surface area contributed by atoms with Crippen LogP contribution in [0.5, 0.6) is 0 Å². The van der Waals surface area contributed by atoms with E-state index in [2.05, 4.69) is 46.6 Å². The van der Waals surface area contributed by atoms with Gasteiger partial charge in [0.2, 0.25) is 5.91 Å². The SMILES string of the molecule is CC(C(=O)O)N(C)C(=O)CC1(NC(=O)OCC2c3ccccc3-c3ccccc32)CCN(Cc2ccccc2)CC1. The molecule has 3 aromatic carbocycles. The van der Waals surface area contributed by atoms with Gasteiger partial charge in [0, 0.05) is 32.6 Å². The van der Waals surface area contributed by atoms with Crippen LogP contribution in [-0.4, -0.2) is 71.2 Å². The Bertz CT molecular complexity index is 1360. The lowest BCUT2D eigenvalue weighted by Gasteiger charge is -2.42. The van der Waals surface area contributed by atoms with Gasteiger partial charge in [0.05, 0.1) is 12.0 Å². The molecule has 2 N–H and O–H groups in total. The molecule has 0 radical (unpaired) electrons. The Morgan fingerprint density at radius 1 is 0.951 bits per heavy atom. The maximum atomic E-state index is 13.3. The van der Waals surface area contributed by atoms with E-state index in [1.54, 1.807) is 0 Å². The van der Waals surface area contributed by atoms with E-state index in [1.165, 1.54) is 24.4 Å². The lowest BCUT2D eigenvalue weighted by Crippen LogP contribution is -2.58. The molecule has 2 amide bonds. The minimum Gasteiger partial charge on any atom is -0.480 e. The van der Waals surface area contributed by atoms with Crippen LogP contribution >= 0.6 is 0 Å². The van der Waals surface area contributed by atoms with Crippen molar-refractivity contribution in [3.63, 3.8) is 0 Å². The highest BCUT2D eigenvalue weighted by molar-refractivity contribution is 5.84. The number of ether oxygens (including phenoxy) is 1. The molecule has 1 atom stereocenters. The Kier molecular flexibility index (Phi) is 8.40. The Morgan fingerprint density at radius 2 is 1.51 bits per heavy atom. The summed E-state index contributed by atoms with van der Waals surface area (Å²) in [5.74, 6) is -1.46. The number of likely N-dealkylation sites (tertiary alicyclic amines) is 1. The van der Waals surface area contributed by atoms with Crippen molar-refractivity contribution in [1.82, 2.24) is 15.1 Å². The monoisotopic (exact) mass is 555 g/mol. The third kappa shape index (κ3) is 6.28. The number of nitrogens with zero attached hydrogens (tertiary/aromatic N) is 2. The highest BCUT2D eigenvalue weighted by Crippen LogP contribution is 2.44. The van der Waals surface area contributed by atoms with Gasteiger partial charge in [0.15, 0.2) is 0 Å². The number of nitrogens with one attached hydrogen (secondary N) is 1. The molecule has 1 heterocycles. The van der Waals surface area contributed by atoms with E-state index in [1.807, 2.05) is 42.5 Å².